The number of fused-ring (bicyclic) bond motifs is 1. The Balaban J connectivity index is 1.38. The van der Waals surface area contributed by atoms with E-state index in [1.165, 1.54) is 5.56 Å². The van der Waals surface area contributed by atoms with E-state index in [9.17, 15) is 14.4 Å². The number of piperazine rings is 1. The molecule has 2 heterocycles. The van der Waals surface area contributed by atoms with E-state index in [1.807, 2.05) is 18.2 Å². The van der Waals surface area contributed by atoms with Crippen molar-refractivity contribution in [3.05, 3.63) is 71.3 Å². The summed E-state index contributed by atoms with van der Waals surface area (Å²) in [4.78, 5) is 43.4. The molecule has 2 aromatic rings. The van der Waals surface area contributed by atoms with E-state index >= 15 is 0 Å². The zero-order chi connectivity index (χ0) is 19.7. The molecule has 1 atom stereocenters. The van der Waals surface area contributed by atoms with Crippen LogP contribution >= 0.6 is 0 Å². The first-order valence-electron chi connectivity index (χ1n) is 9.58. The Hall–Kier alpha value is -2.99. The zero-order valence-corrected chi connectivity index (χ0v) is 15.9. The Morgan fingerprint density at radius 2 is 1.39 bits per heavy atom. The van der Waals surface area contributed by atoms with Gasteiger partial charge < -0.3 is 4.90 Å². The van der Waals surface area contributed by atoms with Crippen LogP contribution in [0, 0.1) is 0 Å². The van der Waals surface area contributed by atoms with Crippen LogP contribution in [-0.4, -0.2) is 64.6 Å². The summed E-state index contributed by atoms with van der Waals surface area (Å²) in [6.45, 7) is 5.24. The summed E-state index contributed by atoms with van der Waals surface area (Å²) in [5.74, 6) is -0.942. The predicted molar refractivity (Wildman–Crippen MR) is 105 cm³/mol. The minimum Gasteiger partial charge on any atom is -0.338 e. The van der Waals surface area contributed by atoms with Gasteiger partial charge in [0.25, 0.3) is 11.8 Å². The van der Waals surface area contributed by atoms with E-state index in [2.05, 4.69) is 17.0 Å². The summed E-state index contributed by atoms with van der Waals surface area (Å²) < 4.78 is 0. The summed E-state index contributed by atoms with van der Waals surface area (Å²) >= 11 is 0. The highest BCUT2D eigenvalue weighted by atomic mass is 16.2. The second-order valence-electron chi connectivity index (χ2n) is 7.29. The number of carbonyl (C=O) groups excluding carboxylic acids is 3. The molecule has 0 unspecified atom stereocenters. The second-order valence-corrected chi connectivity index (χ2v) is 7.29. The zero-order valence-electron chi connectivity index (χ0n) is 15.9. The molecular formula is C22H23N3O3. The van der Waals surface area contributed by atoms with E-state index in [-0.39, 0.29) is 17.7 Å². The van der Waals surface area contributed by atoms with Gasteiger partial charge in [-0.05, 0) is 24.6 Å². The molecule has 6 heteroatoms. The Labute approximate surface area is 164 Å². The maximum atomic E-state index is 13.0. The number of hydrogen-bond acceptors (Lipinski definition) is 4. The van der Waals surface area contributed by atoms with Gasteiger partial charge in [0.15, 0.2) is 0 Å². The average Bonchev–Trinajstić information content (AvgIpc) is 2.99. The van der Waals surface area contributed by atoms with E-state index < -0.39 is 6.04 Å². The standard InChI is InChI=1S/C22H23N3O3/c1-16(25-21(27)18-9-5-6-10-19(18)22(25)28)20(26)24-13-11-23(12-14-24)15-17-7-3-2-4-8-17/h2-10,16H,11-15H2,1H3/t16-/m0/s1. The summed E-state index contributed by atoms with van der Waals surface area (Å²) in [7, 11) is 0. The Morgan fingerprint density at radius 1 is 0.857 bits per heavy atom. The molecule has 0 spiro atoms. The van der Waals surface area contributed by atoms with Crippen LogP contribution < -0.4 is 0 Å². The quantitative estimate of drug-likeness (QED) is 0.765. The highest BCUT2D eigenvalue weighted by Crippen LogP contribution is 2.25. The minimum atomic E-state index is -0.798. The molecule has 144 valence electrons. The van der Waals surface area contributed by atoms with Crippen molar-refractivity contribution in [2.75, 3.05) is 26.2 Å². The van der Waals surface area contributed by atoms with Crippen LogP contribution in [0.3, 0.4) is 0 Å². The molecule has 28 heavy (non-hydrogen) atoms. The van der Waals surface area contributed by atoms with Crippen LogP contribution in [0.25, 0.3) is 0 Å². The molecule has 1 saturated heterocycles. The second kappa shape index (κ2) is 7.56. The molecule has 1 fully saturated rings. The van der Waals surface area contributed by atoms with E-state index in [0.29, 0.717) is 24.2 Å². The van der Waals surface area contributed by atoms with Crippen molar-refractivity contribution in [3.63, 3.8) is 0 Å². The van der Waals surface area contributed by atoms with Crippen LogP contribution in [-0.2, 0) is 11.3 Å². The normalized spacial score (nSPS) is 18.3. The number of imide groups is 1. The molecule has 0 radical (unpaired) electrons. The van der Waals surface area contributed by atoms with Gasteiger partial charge in [-0.25, -0.2) is 0 Å². The molecule has 6 nitrogen and oxygen atoms in total. The number of nitrogens with zero attached hydrogens (tertiary/aromatic N) is 3. The van der Waals surface area contributed by atoms with Crippen LogP contribution in [0.2, 0.25) is 0 Å². The maximum Gasteiger partial charge on any atom is 0.262 e. The van der Waals surface area contributed by atoms with Gasteiger partial charge >= 0.3 is 0 Å². The first kappa shape index (κ1) is 18.4. The SMILES string of the molecule is C[C@@H](C(=O)N1CCN(Cc2ccccc2)CC1)N1C(=O)c2ccccc2C1=O. The lowest BCUT2D eigenvalue weighted by Crippen LogP contribution is -2.55. The largest absolute Gasteiger partial charge is 0.338 e. The van der Waals surface area contributed by atoms with Gasteiger partial charge in [-0.2, -0.15) is 0 Å². The lowest BCUT2D eigenvalue weighted by molar-refractivity contribution is -0.136. The van der Waals surface area contributed by atoms with Crippen molar-refractivity contribution in [2.45, 2.75) is 19.5 Å². The van der Waals surface area contributed by atoms with Gasteiger partial charge in [0, 0.05) is 32.7 Å². The molecule has 0 aromatic heterocycles. The molecule has 2 aliphatic rings. The number of carbonyl (C=O) groups is 3. The van der Waals surface area contributed by atoms with Crippen molar-refractivity contribution in [2.24, 2.45) is 0 Å². The fraction of sp³-hybridized carbons (Fsp3) is 0.318. The van der Waals surface area contributed by atoms with Crippen LogP contribution in [0.5, 0.6) is 0 Å². The van der Waals surface area contributed by atoms with Crippen molar-refractivity contribution in [1.82, 2.24) is 14.7 Å². The van der Waals surface area contributed by atoms with E-state index in [4.69, 9.17) is 0 Å². The van der Waals surface area contributed by atoms with Gasteiger partial charge in [0.05, 0.1) is 11.1 Å². The first-order valence-corrected chi connectivity index (χ1v) is 9.58. The summed E-state index contributed by atoms with van der Waals surface area (Å²) in [6.07, 6.45) is 0. The van der Waals surface area contributed by atoms with Crippen molar-refractivity contribution in [1.29, 1.82) is 0 Å². The molecule has 3 amide bonds. The highest BCUT2D eigenvalue weighted by Gasteiger charge is 2.42. The molecule has 0 N–H and O–H groups in total. The van der Waals surface area contributed by atoms with E-state index in [0.717, 1.165) is 24.5 Å². The van der Waals surface area contributed by atoms with Gasteiger partial charge in [-0.3, -0.25) is 24.2 Å². The average molecular weight is 377 g/mol. The molecule has 2 aromatic carbocycles. The lowest BCUT2D eigenvalue weighted by Gasteiger charge is -2.37. The van der Waals surface area contributed by atoms with E-state index in [1.54, 1.807) is 36.1 Å². The Morgan fingerprint density at radius 3 is 1.96 bits per heavy atom. The summed E-state index contributed by atoms with van der Waals surface area (Å²) in [5.41, 5.74) is 2.00. The highest BCUT2D eigenvalue weighted by molar-refractivity contribution is 6.22. The Bertz CT molecular complexity index is 869. The van der Waals surface area contributed by atoms with Gasteiger partial charge in [0.2, 0.25) is 5.91 Å². The molecule has 4 rings (SSSR count). The third kappa shape index (κ3) is 3.31. The lowest BCUT2D eigenvalue weighted by atomic mass is 10.1. The molecule has 0 bridgehead atoms. The Kier molecular flexibility index (Phi) is 4.96. The summed E-state index contributed by atoms with van der Waals surface area (Å²) in [6, 6.07) is 16.2. The number of hydrogen-bond donors (Lipinski definition) is 0. The summed E-state index contributed by atoms with van der Waals surface area (Å²) in [5, 5.41) is 0. The fourth-order valence-corrected chi connectivity index (χ4v) is 3.90. The number of benzene rings is 2. The third-order valence-electron chi connectivity index (χ3n) is 5.50. The van der Waals surface area contributed by atoms with Crippen LogP contribution in [0.1, 0.15) is 33.2 Å². The number of rotatable bonds is 4. The number of amides is 3. The molecular weight excluding hydrogens is 354 g/mol. The first-order chi connectivity index (χ1) is 13.6. The molecule has 2 aliphatic heterocycles. The van der Waals surface area contributed by atoms with Crippen molar-refractivity contribution in [3.8, 4) is 0 Å². The molecule has 0 saturated carbocycles. The van der Waals surface area contributed by atoms with Crippen LogP contribution in [0.15, 0.2) is 54.6 Å². The predicted octanol–water partition coefficient (Wildman–Crippen LogP) is 2.02. The van der Waals surface area contributed by atoms with Gasteiger partial charge in [-0.15, -0.1) is 0 Å². The minimum absolute atomic E-state index is 0.172. The fourth-order valence-electron chi connectivity index (χ4n) is 3.90. The topological polar surface area (TPSA) is 60.9 Å². The monoisotopic (exact) mass is 377 g/mol. The molecule has 0 aliphatic carbocycles. The van der Waals surface area contributed by atoms with Gasteiger partial charge in [0.1, 0.15) is 6.04 Å². The van der Waals surface area contributed by atoms with Gasteiger partial charge in [-0.1, -0.05) is 42.5 Å². The van der Waals surface area contributed by atoms with Crippen LogP contribution in [0.4, 0.5) is 0 Å². The third-order valence-corrected chi connectivity index (χ3v) is 5.50. The smallest absolute Gasteiger partial charge is 0.262 e. The maximum absolute atomic E-state index is 13.0. The van der Waals surface area contributed by atoms with Crippen molar-refractivity contribution < 1.29 is 14.4 Å². The van der Waals surface area contributed by atoms with Crippen molar-refractivity contribution >= 4 is 17.7 Å².